The van der Waals surface area contributed by atoms with Crippen LogP contribution in [0, 0.1) is 0 Å². The number of ether oxygens (including phenoxy) is 1. The number of pyridine rings is 1. The molecule has 1 amide bonds. The maximum absolute atomic E-state index is 13.4. The van der Waals surface area contributed by atoms with Gasteiger partial charge in [-0.25, -0.2) is 0 Å². The quantitative estimate of drug-likeness (QED) is 0.354. The van der Waals surface area contributed by atoms with E-state index in [4.69, 9.17) is 16.3 Å². The molecule has 0 spiro atoms. The normalized spacial score (nSPS) is 10.8. The van der Waals surface area contributed by atoms with Crippen LogP contribution in [-0.2, 0) is 24.3 Å². The van der Waals surface area contributed by atoms with E-state index in [1.165, 1.54) is 10.1 Å². The van der Waals surface area contributed by atoms with Crippen molar-refractivity contribution in [2.24, 2.45) is 0 Å². The molecule has 0 atom stereocenters. The minimum absolute atomic E-state index is 0.145. The highest BCUT2D eigenvalue weighted by Gasteiger charge is 2.14. The number of nitrogens with one attached hydrogen (secondary N) is 2. The first-order chi connectivity index (χ1) is 16.5. The number of nitrogens with zero attached hydrogens (tertiary/aromatic N) is 1. The Hall–Kier alpha value is -3.77. The number of hydrogen-bond acceptors (Lipinski definition) is 4. The number of aromatic nitrogens is 1. The molecule has 34 heavy (non-hydrogen) atoms. The third-order valence-electron chi connectivity index (χ3n) is 5.63. The number of rotatable bonds is 8. The van der Waals surface area contributed by atoms with Crippen molar-refractivity contribution in [2.45, 2.75) is 26.4 Å². The molecule has 1 aromatic heterocycles. The number of fused-ring (bicyclic) bond motifs is 1. The van der Waals surface area contributed by atoms with Crippen LogP contribution < -0.4 is 20.9 Å². The first-order valence-corrected chi connectivity index (χ1v) is 11.4. The molecule has 0 fully saturated rings. The Balaban J connectivity index is 1.65. The Kier molecular flexibility index (Phi) is 7.18. The number of hydrogen-bond donors (Lipinski definition) is 2. The fraction of sp³-hybridized carbons (Fsp3) is 0.185. The number of amides is 1. The topological polar surface area (TPSA) is 72.4 Å². The van der Waals surface area contributed by atoms with Gasteiger partial charge in [0.25, 0.3) is 5.56 Å². The van der Waals surface area contributed by atoms with Gasteiger partial charge in [-0.15, -0.1) is 0 Å². The number of benzene rings is 3. The summed E-state index contributed by atoms with van der Waals surface area (Å²) in [7, 11) is 1.57. The van der Waals surface area contributed by atoms with Gasteiger partial charge in [0.1, 0.15) is 12.3 Å². The fourth-order valence-electron chi connectivity index (χ4n) is 3.79. The Labute approximate surface area is 203 Å². The van der Waals surface area contributed by atoms with Crippen LogP contribution in [0.2, 0.25) is 5.02 Å². The van der Waals surface area contributed by atoms with E-state index in [1.807, 2.05) is 30.3 Å². The molecule has 1 heterocycles. The van der Waals surface area contributed by atoms with Crippen LogP contribution >= 0.6 is 11.6 Å². The lowest BCUT2D eigenvalue weighted by Crippen LogP contribution is -2.30. The zero-order chi connectivity index (χ0) is 24.1. The van der Waals surface area contributed by atoms with Gasteiger partial charge >= 0.3 is 0 Å². The lowest BCUT2D eigenvalue weighted by atomic mass is 10.1. The van der Waals surface area contributed by atoms with Crippen molar-refractivity contribution >= 4 is 39.8 Å². The monoisotopic (exact) mass is 475 g/mol. The molecule has 0 aliphatic heterocycles. The van der Waals surface area contributed by atoms with Crippen LogP contribution in [0.3, 0.4) is 0 Å². The van der Waals surface area contributed by atoms with Crippen molar-refractivity contribution in [1.82, 2.24) is 4.57 Å². The van der Waals surface area contributed by atoms with Crippen molar-refractivity contribution in [3.05, 3.63) is 99.3 Å². The second-order valence-corrected chi connectivity index (χ2v) is 8.38. The van der Waals surface area contributed by atoms with E-state index in [0.717, 1.165) is 17.5 Å². The Morgan fingerprint density at radius 2 is 1.79 bits per heavy atom. The van der Waals surface area contributed by atoms with Crippen LogP contribution in [-0.4, -0.2) is 17.6 Å². The summed E-state index contributed by atoms with van der Waals surface area (Å²) in [5, 5.41) is 7.48. The van der Waals surface area contributed by atoms with Crippen molar-refractivity contribution in [3.8, 4) is 5.75 Å². The number of halogens is 1. The van der Waals surface area contributed by atoms with Gasteiger partial charge in [-0.3, -0.25) is 14.2 Å². The molecule has 0 aliphatic rings. The highest BCUT2D eigenvalue weighted by molar-refractivity contribution is 6.30. The van der Waals surface area contributed by atoms with E-state index in [-0.39, 0.29) is 18.0 Å². The zero-order valence-corrected chi connectivity index (χ0v) is 19.9. The second kappa shape index (κ2) is 10.4. The van der Waals surface area contributed by atoms with Gasteiger partial charge in [-0.05, 0) is 65.9 Å². The molecule has 6 nitrogen and oxygen atoms in total. The third kappa shape index (κ3) is 5.41. The number of aryl methyl sites for hydroxylation is 1. The molecule has 0 saturated heterocycles. The second-order valence-electron chi connectivity index (χ2n) is 7.95. The van der Waals surface area contributed by atoms with Crippen molar-refractivity contribution in [2.75, 3.05) is 17.7 Å². The Morgan fingerprint density at radius 1 is 1.00 bits per heavy atom. The molecule has 0 radical (unpaired) electrons. The summed E-state index contributed by atoms with van der Waals surface area (Å²) in [6.45, 7) is 2.30. The summed E-state index contributed by atoms with van der Waals surface area (Å²) >= 11 is 6.02. The third-order valence-corrected chi connectivity index (χ3v) is 5.87. The van der Waals surface area contributed by atoms with Crippen LogP contribution in [0.5, 0.6) is 5.75 Å². The zero-order valence-electron chi connectivity index (χ0n) is 19.1. The predicted molar refractivity (Wildman–Crippen MR) is 138 cm³/mol. The van der Waals surface area contributed by atoms with E-state index < -0.39 is 0 Å². The molecule has 2 N–H and O–H groups in total. The predicted octanol–water partition coefficient (Wildman–Crippen LogP) is 5.48. The first-order valence-electron chi connectivity index (χ1n) is 11.1. The molecular weight excluding hydrogens is 450 g/mol. The molecule has 7 heteroatoms. The molecule has 4 rings (SSSR count). The van der Waals surface area contributed by atoms with E-state index in [9.17, 15) is 9.59 Å². The van der Waals surface area contributed by atoms with E-state index >= 15 is 0 Å². The molecule has 0 unspecified atom stereocenters. The molecule has 4 aromatic rings. The fourth-order valence-corrected chi connectivity index (χ4v) is 3.98. The summed E-state index contributed by atoms with van der Waals surface area (Å²) < 4.78 is 6.82. The number of carbonyl (C=O) groups is 1. The Morgan fingerprint density at radius 3 is 2.50 bits per heavy atom. The minimum atomic E-state index is -0.325. The average Bonchev–Trinajstić information content (AvgIpc) is 2.84. The summed E-state index contributed by atoms with van der Waals surface area (Å²) in [6, 6.07) is 22.4. The summed E-state index contributed by atoms with van der Waals surface area (Å²) in [6.07, 6.45) is 0.969. The summed E-state index contributed by atoms with van der Waals surface area (Å²) in [5.41, 5.74) is 3.70. The van der Waals surface area contributed by atoms with E-state index in [1.54, 1.807) is 37.4 Å². The molecule has 174 valence electrons. The molecule has 0 saturated carbocycles. The summed E-state index contributed by atoms with van der Waals surface area (Å²) in [4.78, 5) is 26.3. The average molecular weight is 476 g/mol. The SMILES string of the molecule is CCc1ccc(NCc2cc3ccc(OC)cc3n(CC(=O)Nc3cccc(Cl)c3)c2=O)cc1. The highest BCUT2D eigenvalue weighted by atomic mass is 35.5. The van der Waals surface area contributed by atoms with Gasteiger partial charge in [0, 0.05) is 34.6 Å². The van der Waals surface area contributed by atoms with Crippen molar-refractivity contribution in [1.29, 1.82) is 0 Å². The lowest BCUT2D eigenvalue weighted by Gasteiger charge is -2.15. The van der Waals surface area contributed by atoms with Crippen LogP contribution in [0.15, 0.2) is 77.6 Å². The van der Waals surface area contributed by atoms with Gasteiger partial charge in [0.05, 0.1) is 12.6 Å². The van der Waals surface area contributed by atoms with Crippen LogP contribution in [0.25, 0.3) is 10.9 Å². The van der Waals surface area contributed by atoms with E-state index in [0.29, 0.717) is 34.1 Å². The molecule has 0 aliphatic carbocycles. The maximum Gasteiger partial charge on any atom is 0.256 e. The minimum Gasteiger partial charge on any atom is -0.497 e. The first kappa shape index (κ1) is 23.4. The molecular formula is C27H26ClN3O3. The maximum atomic E-state index is 13.4. The summed E-state index contributed by atoms with van der Waals surface area (Å²) in [5.74, 6) is 0.284. The van der Waals surface area contributed by atoms with Crippen molar-refractivity contribution < 1.29 is 9.53 Å². The van der Waals surface area contributed by atoms with Crippen LogP contribution in [0.4, 0.5) is 11.4 Å². The van der Waals surface area contributed by atoms with Crippen LogP contribution in [0.1, 0.15) is 18.1 Å². The smallest absolute Gasteiger partial charge is 0.256 e. The molecule has 3 aromatic carbocycles. The van der Waals surface area contributed by atoms with Gasteiger partial charge in [0.15, 0.2) is 0 Å². The van der Waals surface area contributed by atoms with Gasteiger partial charge < -0.3 is 15.4 Å². The standard InChI is InChI=1S/C27H26ClN3O3/c1-3-18-7-10-22(11-8-18)29-16-20-13-19-9-12-24(34-2)15-25(19)31(27(20)33)17-26(32)30-23-6-4-5-21(28)14-23/h4-15,29H,3,16-17H2,1-2H3,(H,30,32). The van der Waals surface area contributed by atoms with Crippen molar-refractivity contribution in [3.63, 3.8) is 0 Å². The number of carbonyl (C=O) groups excluding carboxylic acids is 1. The van der Waals surface area contributed by atoms with Gasteiger partial charge in [-0.2, -0.15) is 0 Å². The largest absolute Gasteiger partial charge is 0.497 e. The molecule has 0 bridgehead atoms. The van der Waals surface area contributed by atoms with Gasteiger partial charge in [0.2, 0.25) is 5.91 Å². The van der Waals surface area contributed by atoms with Gasteiger partial charge in [-0.1, -0.05) is 36.7 Å². The Bertz CT molecular complexity index is 1380. The number of methoxy groups -OCH3 is 1. The van der Waals surface area contributed by atoms with E-state index in [2.05, 4.69) is 29.7 Å². The number of anilines is 2. The lowest BCUT2D eigenvalue weighted by molar-refractivity contribution is -0.116. The highest BCUT2D eigenvalue weighted by Crippen LogP contribution is 2.22.